The van der Waals surface area contributed by atoms with Crippen LogP contribution in [0.1, 0.15) is 135 Å². The van der Waals surface area contributed by atoms with Gasteiger partial charge < -0.3 is 15.1 Å². The minimum absolute atomic E-state index is 0.374. The Balaban J connectivity index is 3.20. The van der Waals surface area contributed by atoms with Gasteiger partial charge in [0.15, 0.2) is 0 Å². The highest BCUT2D eigenvalue weighted by atomic mass is 32.2. The van der Waals surface area contributed by atoms with E-state index in [1.807, 2.05) is 0 Å². The van der Waals surface area contributed by atoms with Gasteiger partial charge in [0.1, 0.15) is 0 Å². The summed E-state index contributed by atoms with van der Waals surface area (Å²) in [6.45, 7) is 1.84. The van der Waals surface area contributed by atoms with E-state index in [1.54, 1.807) is 11.8 Å². The van der Waals surface area contributed by atoms with Crippen molar-refractivity contribution in [3.8, 4) is 0 Å². The molecule has 0 rings (SSSR count). The standard InChI is InChI=1S/C26H53O6PS/c1-2-3-4-5-6-7-8-9-10-11-12-13-14-15-16-17-18-19-20-21-22-34-24-25(27)23-32-33(30,31)26(28)29/h25,27H,2-24H2,1H3,(H,28,29)(H,30,31)/t25-/m1/s1. The van der Waals surface area contributed by atoms with Crippen molar-refractivity contribution in [3.63, 3.8) is 0 Å². The summed E-state index contributed by atoms with van der Waals surface area (Å²) in [5.74, 6) is 1.30. The van der Waals surface area contributed by atoms with Crippen LogP contribution >= 0.6 is 19.4 Å². The summed E-state index contributed by atoms with van der Waals surface area (Å²) in [7, 11) is -4.65. The molecule has 0 amide bonds. The normalized spacial score (nSPS) is 14.2. The Kier molecular flexibility index (Phi) is 24.6. The third-order valence-electron chi connectivity index (χ3n) is 6.14. The highest BCUT2D eigenvalue weighted by molar-refractivity contribution is 7.99. The van der Waals surface area contributed by atoms with Crippen LogP contribution in [0.5, 0.6) is 0 Å². The Morgan fingerprint density at radius 3 is 1.44 bits per heavy atom. The van der Waals surface area contributed by atoms with Gasteiger partial charge in [-0.2, -0.15) is 11.8 Å². The second-order valence-electron chi connectivity index (χ2n) is 9.55. The number of unbranched alkanes of at least 4 members (excludes halogenated alkanes) is 19. The maximum atomic E-state index is 11.1. The van der Waals surface area contributed by atoms with Crippen LogP contribution in [0.15, 0.2) is 0 Å². The van der Waals surface area contributed by atoms with Crippen molar-refractivity contribution in [2.24, 2.45) is 0 Å². The topological polar surface area (TPSA) is 104 Å². The van der Waals surface area contributed by atoms with E-state index in [0.29, 0.717) is 5.75 Å². The molecule has 0 saturated heterocycles. The van der Waals surface area contributed by atoms with Crippen molar-refractivity contribution in [3.05, 3.63) is 0 Å². The van der Waals surface area contributed by atoms with E-state index in [9.17, 15) is 14.5 Å². The van der Waals surface area contributed by atoms with Crippen LogP contribution < -0.4 is 0 Å². The van der Waals surface area contributed by atoms with E-state index in [1.165, 1.54) is 122 Å². The van der Waals surface area contributed by atoms with Gasteiger partial charge in [0.25, 0.3) is 0 Å². The van der Waals surface area contributed by atoms with Crippen LogP contribution in [0.4, 0.5) is 4.79 Å². The zero-order valence-corrected chi connectivity index (χ0v) is 23.5. The fourth-order valence-electron chi connectivity index (χ4n) is 3.97. The van der Waals surface area contributed by atoms with Crippen LogP contribution in [-0.2, 0) is 9.09 Å². The number of thioether (sulfide) groups is 1. The van der Waals surface area contributed by atoms with Gasteiger partial charge in [0.05, 0.1) is 12.7 Å². The highest BCUT2D eigenvalue weighted by Gasteiger charge is 2.30. The predicted octanol–water partition coefficient (Wildman–Crippen LogP) is 8.78. The van der Waals surface area contributed by atoms with Crippen molar-refractivity contribution in [1.29, 1.82) is 0 Å². The number of hydrogen-bond acceptors (Lipinski definition) is 5. The Bertz CT molecular complexity index is 506. The molecule has 0 heterocycles. The van der Waals surface area contributed by atoms with Gasteiger partial charge in [-0.05, 0) is 12.2 Å². The third-order valence-corrected chi connectivity index (χ3v) is 8.32. The molecular weight excluding hydrogens is 471 g/mol. The molecule has 0 aromatic rings. The maximum absolute atomic E-state index is 11.1. The smallest absolute Gasteiger partial charge is 0.435 e. The number of aliphatic hydroxyl groups excluding tert-OH is 1. The summed E-state index contributed by atoms with van der Waals surface area (Å²) in [4.78, 5) is 19.5. The van der Waals surface area contributed by atoms with Gasteiger partial charge in [-0.25, -0.2) is 9.36 Å². The van der Waals surface area contributed by atoms with Crippen molar-refractivity contribution in [1.82, 2.24) is 0 Å². The van der Waals surface area contributed by atoms with Crippen LogP contribution in [0.3, 0.4) is 0 Å². The fourth-order valence-corrected chi connectivity index (χ4v) is 5.40. The van der Waals surface area contributed by atoms with Crippen molar-refractivity contribution >= 4 is 25.1 Å². The first-order valence-electron chi connectivity index (χ1n) is 13.9. The lowest BCUT2D eigenvalue weighted by Gasteiger charge is -2.12. The Morgan fingerprint density at radius 2 is 1.09 bits per heavy atom. The first kappa shape index (κ1) is 33.9. The molecule has 0 radical (unpaired) electrons. The quantitative estimate of drug-likeness (QED) is 0.0728. The highest BCUT2D eigenvalue weighted by Crippen LogP contribution is 2.42. The van der Waals surface area contributed by atoms with Crippen LogP contribution in [0.2, 0.25) is 0 Å². The summed E-state index contributed by atoms with van der Waals surface area (Å²) in [5.41, 5.74) is -1.89. The van der Waals surface area contributed by atoms with Gasteiger partial charge in [0, 0.05) is 5.75 Å². The Labute approximate surface area is 213 Å². The van der Waals surface area contributed by atoms with E-state index in [4.69, 9.17) is 10.00 Å². The van der Waals surface area contributed by atoms with Crippen molar-refractivity contribution in [2.45, 2.75) is 141 Å². The monoisotopic (exact) mass is 524 g/mol. The molecule has 0 bridgehead atoms. The fraction of sp³-hybridized carbons (Fsp3) is 0.962. The molecule has 0 aliphatic heterocycles. The molecule has 204 valence electrons. The summed E-state index contributed by atoms with van der Waals surface area (Å²) in [5, 5.41) is 18.2. The third kappa shape index (κ3) is 23.7. The number of rotatable bonds is 27. The second-order valence-corrected chi connectivity index (χ2v) is 12.4. The number of carbonyl (C=O) groups is 1. The van der Waals surface area contributed by atoms with E-state index < -0.39 is 26.0 Å². The lowest BCUT2D eigenvalue weighted by Crippen LogP contribution is -2.18. The van der Waals surface area contributed by atoms with Gasteiger partial charge in [-0.3, -0.25) is 4.52 Å². The van der Waals surface area contributed by atoms with E-state index in [2.05, 4.69) is 11.4 Å². The zero-order valence-electron chi connectivity index (χ0n) is 21.8. The lowest BCUT2D eigenvalue weighted by atomic mass is 10.0. The molecule has 34 heavy (non-hydrogen) atoms. The molecule has 0 aliphatic carbocycles. The average molecular weight is 525 g/mol. The van der Waals surface area contributed by atoms with Crippen LogP contribution in [0.25, 0.3) is 0 Å². The van der Waals surface area contributed by atoms with Gasteiger partial charge in [-0.1, -0.05) is 129 Å². The van der Waals surface area contributed by atoms with E-state index in [-0.39, 0.29) is 0 Å². The minimum Gasteiger partial charge on any atom is -0.472 e. The summed E-state index contributed by atoms with van der Waals surface area (Å²) >= 11 is 1.56. The van der Waals surface area contributed by atoms with Gasteiger partial charge >= 0.3 is 13.3 Å². The van der Waals surface area contributed by atoms with E-state index >= 15 is 0 Å². The molecule has 6 nitrogen and oxygen atoms in total. The average Bonchev–Trinajstić information content (AvgIpc) is 2.81. The number of carboxylic acid groups (broad SMARTS) is 1. The SMILES string of the molecule is CCCCCCCCCCCCCCCCCCCCCCSC[C@H](O)COP(=O)(O)C(=O)O. The van der Waals surface area contributed by atoms with Gasteiger partial charge in [0.2, 0.25) is 0 Å². The maximum Gasteiger partial charge on any atom is 0.435 e. The summed E-state index contributed by atoms with van der Waals surface area (Å²) in [6.07, 6.45) is 26.3. The molecule has 0 spiro atoms. The largest absolute Gasteiger partial charge is 0.472 e. The Morgan fingerprint density at radius 1 is 0.735 bits per heavy atom. The van der Waals surface area contributed by atoms with Gasteiger partial charge in [-0.15, -0.1) is 0 Å². The predicted molar refractivity (Wildman–Crippen MR) is 145 cm³/mol. The first-order chi connectivity index (χ1) is 16.4. The molecule has 0 saturated carbocycles. The minimum atomic E-state index is -4.65. The molecule has 0 aromatic carbocycles. The molecule has 3 N–H and O–H groups in total. The molecule has 2 atom stereocenters. The molecule has 0 aliphatic rings. The molecule has 0 aromatic heterocycles. The molecule has 0 fully saturated rings. The number of hydrogen-bond donors (Lipinski definition) is 3. The van der Waals surface area contributed by atoms with Crippen molar-refractivity contribution in [2.75, 3.05) is 18.1 Å². The molecule has 1 unspecified atom stereocenters. The summed E-state index contributed by atoms with van der Waals surface area (Å²) in [6, 6.07) is 0. The van der Waals surface area contributed by atoms with E-state index in [0.717, 1.165) is 12.2 Å². The zero-order chi connectivity index (χ0) is 25.3. The lowest BCUT2D eigenvalue weighted by molar-refractivity contribution is 0.115. The number of aliphatic hydroxyl groups is 1. The molecule has 8 heteroatoms. The molecular formula is C26H53O6PS. The summed E-state index contributed by atoms with van der Waals surface area (Å²) < 4.78 is 15.5. The van der Waals surface area contributed by atoms with Crippen molar-refractivity contribution < 1.29 is 29.0 Å². The first-order valence-corrected chi connectivity index (χ1v) is 16.6. The van der Waals surface area contributed by atoms with Crippen LogP contribution in [-0.4, -0.2) is 45.0 Å². The Hall–Kier alpha value is -0.0700. The van der Waals surface area contributed by atoms with Crippen LogP contribution in [0, 0.1) is 0 Å². The second kappa shape index (κ2) is 24.6.